The molecule has 108 valence electrons. The molecule has 5 nitrogen and oxygen atoms in total. The number of aryl methyl sites for hydroxylation is 2. The molecule has 1 amide bonds. The molecule has 0 aliphatic rings. The fraction of sp³-hybridized carbons (Fsp3) is 0.467. The molecule has 0 aliphatic carbocycles. The van der Waals surface area contributed by atoms with Gasteiger partial charge < -0.3 is 14.5 Å². The largest absolute Gasteiger partial charge is 0.351 e. The van der Waals surface area contributed by atoms with Crippen LogP contribution in [-0.4, -0.2) is 21.6 Å². The summed E-state index contributed by atoms with van der Waals surface area (Å²) in [4.78, 5) is 24.2. The second kappa shape index (κ2) is 5.53. The number of aromatic nitrogens is 2. The summed E-state index contributed by atoms with van der Waals surface area (Å²) in [6.45, 7) is 4.88. The van der Waals surface area contributed by atoms with E-state index < -0.39 is 0 Å². The number of nitrogens with one attached hydrogen (secondary N) is 1. The quantitative estimate of drug-likeness (QED) is 0.922. The highest BCUT2D eigenvalue weighted by Crippen LogP contribution is 2.15. The number of fused-ring (bicyclic) bond motifs is 1. The van der Waals surface area contributed by atoms with Crippen LogP contribution in [0.1, 0.15) is 30.8 Å². The highest BCUT2D eigenvalue weighted by molar-refractivity contribution is 5.98. The summed E-state index contributed by atoms with van der Waals surface area (Å²) in [6.07, 6.45) is 2.66. The van der Waals surface area contributed by atoms with Crippen LogP contribution in [0.5, 0.6) is 0 Å². The van der Waals surface area contributed by atoms with Crippen molar-refractivity contribution in [3.05, 3.63) is 34.4 Å². The maximum atomic E-state index is 12.2. The molecule has 0 aliphatic heterocycles. The molecular formula is C15H21N3O2. The van der Waals surface area contributed by atoms with Crippen molar-refractivity contribution in [3.63, 3.8) is 0 Å². The Morgan fingerprint density at radius 3 is 2.70 bits per heavy atom. The van der Waals surface area contributed by atoms with Crippen molar-refractivity contribution < 1.29 is 4.79 Å². The van der Waals surface area contributed by atoms with Crippen LogP contribution in [0.15, 0.2) is 23.1 Å². The van der Waals surface area contributed by atoms with E-state index in [4.69, 9.17) is 0 Å². The number of nitrogens with zero attached hydrogens (tertiary/aromatic N) is 2. The summed E-state index contributed by atoms with van der Waals surface area (Å²) in [5.74, 6) is 0.418. The van der Waals surface area contributed by atoms with Gasteiger partial charge in [0.25, 0.3) is 11.5 Å². The normalized spacial score (nSPS) is 11.2. The van der Waals surface area contributed by atoms with E-state index >= 15 is 0 Å². The summed E-state index contributed by atoms with van der Waals surface area (Å²) in [5.41, 5.74) is 1.22. The van der Waals surface area contributed by atoms with Crippen LogP contribution in [0, 0.1) is 5.92 Å². The molecule has 2 aromatic rings. The van der Waals surface area contributed by atoms with Crippen molar-refractivity contribution in [2.75, 3.05) is 6.54 Å². The lowest BCUT2D eigenvalue weighted by molar-refractivity contribution is 0.0944. The highest BCUT2D eigenvalue weighted by atomic mass is 16.2. The first kappa shape index (κ1) is 14.4. The summed E-state index contributed by atoms with van der Waals surface area (Å²) in [6, 6.07) is 3.52. The van der Waals surface area contributed by atoms with Gasteiger partial charge in [-0.05, 0) is 24.5 Å². The van der Waals surface area contributed by atoms with Gasteiger partial charge in [-0.3, -0.25) is 9.59 Å². The van der Waals surface area contributed by atoms with Crippen molar-refractivity contribution in [3.8, 4) is 0 Å². The van der Waals surface area contributed by atoms with Gasteiger partial charge >= 0.3 is 0 Å². The van der Waals surface area contributed by atoms with Crippen LogP contribution in [0.25, 0.3) is 10.9 Å². The first-order valence-electron chi connectivity index (χ1n) is 6.85. The van der Waals surface area contributed by atoms with Gasteiger partial charge in [0.1, 0.15) is 5.69 Å². The minimum Gasteiger partial charge on any atom is -0.351 e. The van der Waals surface area contributed by atoms with Crippen LogP contribution in [0.2, 0.25) is 0 Å². The molecule has 2 heterocycles. The third-order valence-corrected chi connectivity index (χ3v) is 3.53. The van der Waals surface area contributed by atoms with E-state index in [1.54, 1.807) is 30.9 Å². The Morgan fingerprint density at radius 1 is 1.35 bits per heavy atom. The van der Waals surface area contributed by atoms with Crippen LogP contribution in [0.3, 0.4) is 0 Å². The van der Waals surface area contributed by atoms with E-state index in [9.17, 15) is 9.59 Å². The number of carbonyl (C=O) groups is 1. The first-order valence-corrected chi connectivity index (χ1v) is 6.85. The molecule has 0 aromatic carbocycles. The van der Waals surface area contributed by atoms with E-state index in [2.05, 4.69) is 19.2 Å². The third-order valence-electron chi connectivity index (χ3n) is 3.53. The molecule has 0 fully saturated rings. The Hall–Kier alpha value is -2.04. The van der Waals surface area contributed by atoms with Gasteiger partial charge in [-0.15, -0.1) is 0 Å². The number of rotatable bonds is 4. The number of amides is 1. The molecule has 2 aromatic heterocycles. The van der Waals surface area contributed by atoms with Gasteiger partial charge in [0.15, 0.2) is 0 Å². The van der Waals surface area contributed by atoms with Gasteiger partial charge in [0.2, 0.25) is 0 Å². The Morgan fingerprint density at radius 2 is 2.05 bits per heavy atom. The first-order chi connectivity index (χ1) is 9.41. The molecule has 0 unspecified atom stereocenters. The molecule has 5 heteroatoms. The Balaban J connectivity index is 2.31. The van der Waals surface area contributed by atoms with Crippen LogP contribution >= 0.6 is 0 Å². The van der Waals surface area contributed by atoms with Crippen LogP contribution in [-0.2, 0) is 14.1 Å². The smallest absolute Gasteiger partial charge is 0.267 e. The molecule has 1 N–H and O–H groups in total. The molecule has 0 radical (unpaired) electrons. The van der Waals surface area contributed by atoms with Gasteiger partial charge in [-0.1, -0.05) is 13.8 Å². The molecule has 0 atom stereocenters. The molecule has 0 bridgehead atoms. The topological polar surface area (TPSA) is 56.0 Å². The fourth-order valence-electron chi connectivity index (χ4n) is 2.21. The van der Waals surface area contributed by atoms with Crippen molar-refractivity contribution in [2.45, 2.75) is 20.3 Å². The van der Waals surface area contributed by atoms with E-state index in [1.807, 2.05) is 6.07 Å². The Bertz CT molecular complexity index is 695. The van der Waals surface area contributed by atoms with Gasteiger partial charge in [-0.25, -0.2) is 0 Å². The molecular weight excluding hydrogens is 254 g/mol. The summed E-state index contributed by atoms with van der Waals surface area (Å²) >= 11 is 0. The minimum atomic E-state index is -0.133. The maximum absolute atomic E-state index is 12.2. The average molecular weight is 275 g/mol. The Kier molecular flexibility index (Phi) is 3.97. The summed E-state index contributed by atoms with van der Waals surface area (Å²) in [5, 5.41) is 3.47. The molecule has 0 saturated heterocycles. The van der Waals surface area contributed by atoms with Crippen LogP contribution < -0.4 is 10.9 Å². The van der Waals surface area contributed by atoms with E-state index in [-0.39, 0.29) is 11.5 Å². The zero-order chi connectivity index (χ0) is 14.9. The average Bonchev–Trinajstić information content (AvgIpc) is 2.72. The van der Waals surface area contributed by atoms with Crippen molar-refractivity contribution in [1.29, 1.82) is 0 Å². The molecule has 2 rings (SSSR count). The zero-order valence-electron chi connectivity index (χ0n) is 12.4. The monoisotopic (exact) mass is 275 g/mol. The van der Waals surface area contributed by atoms with Gasteiger partial charge in [0.05, 0.1) is 10.9 Å². The van der Waals surface area contributed by atoms with Crippen molar-refractivity contribution in [2.24, 2.45) is 20.0 Å². The highest BCUT2D eigenvalue weighted by Gasteiger charge is 2.15. The second-order valence-electron chi connectivity index (χ2n) is 5.56. The number of carbonyl (C=O) groups excluding carboxylic acids is 1. The number of pyridine rings is 1. The predicted molar refractivity (Wildman–Crippen MR) is 79.9 cm³/mol. The number of hydrogen-bond acceptors (Lipinski definition) is 2. The minimum absolute atomic E-state index is 0.0840. The van der Waals surface area contributed by atoms with Crippen molar-refractivity contribution >= 4 is 16.8 Å². The number of hydrogen-bond donors (Lipinski definition) is 1. The summed E-state index contributed by atoms with van der Waals surface area (Å²) < 4.78 is 3.28. The Labute approximate surface area is 118 Å². The fourth-order valence-corrected chi connectivity index (χ4v) is 2.21. The maximum Gasteiger partial charge on any atom is 0.267 e. The lowest BCUT2D eigenvalue weighted by atomic mass is 10.1. The van der Waals surface area contributed by atoms with E-state index in [0.717, 1.165) is 11.9 Å². The lowest BCUT2D eigenvalue weighted by Crippen LogP contribution is -2.27. The van der Waals surface area contributed by atoms with Crippen molar-refractivity contribution in [1.82, 2.24) is 14.5 Å². The van der Waals surface area contributed by atoms with Gasteiger partial charge in [0, 0.05) is 26.8 Å². The van der Waals surface area contributed by atoms with E-state index in [0.29, 0.717) is 23.5 Å². The lowest BCUT2D eigenvalue weighted by Gasteiger charge is -2.08. The third kappa shape index (κ3) is 2.61. The van der Waals surface area contributed by atoms with E-state index in [1.165, 1.54) is 4.57 Å². The molecule has 0 saturated carbocycles. The SMILES string of the molecule is CC(C)CCNC(=O)c1cc2c(=O)n(C)ccc2n1C. The second-order valence-corrected chi connectivity index (χ2v) is 5.56. The van der Waals surface area contributed by atoms with Crippen LogP contribution in [0.4, 0.5) is 0 Å². The standard InChI is InChI=1S/C15H21N3O2/c1-10(2)5-7-16-14(19)13-9-11-12(18(13)4)6-8-17(3)15(11)20/h6,8-10H,5,7H2,1-4H3,(H,16,19). The molecule has 20 heavy (non-hydrogen) atoms. The van der Waals surface area contributed by atoms with Gasteiger partial charge in [-0.2, -0.15) is 0 Å². The predicted octanol–water partition coefficient (Wildman–Crippen LogP) is 1.65. The molecule has 0 spiro atoms. The zero-order valence-corrected chi connectivity index (χ0v) is 12.4. The summed E-state index contributed by atoms with van der Waals surface area (Å²) in [7, 11) is 3.51.